The van der Waals surface area contributed by atoms with Crippen LogP contribution in [0.5, 0.6) is 0 Å². The molecule has 19 heavy (non-hydrogen) atoms. The molecule has 0 radical (unpaired) electrons. The fraction of sp³-hybridized carbons (Fsp3) is 0.438. The summed E-state index contributed by atoms with van der Waals surface area (Å²) in [6.45, 7) is 11.7. The summed E-state index contributed by atoms with van der Waals surface area (Å²) in [5.74, 6) is 0. The van der Waals surface area contributed by atoms with Crippen molar-refractivity contribution < 1.29 is 46.1 Å². The van der Waals surface area contributed by atoms with Crippen molar-refractivity contribution in [3.8, 4) is 0 Å². The molecule has 0 fully saturated rings. The third-order valence-electron chi connectivity index (χ3n) is 3.99. The van der Waals surface area contributed by atoms with E-state index in [1.807, 2.05) is 3.28 Å². The second-order valence-electron chi connectivity index (χ2n) is 5.38. The molecule has 0 nitrogen and oxygen atoms in total. The van der Waals surface area contributed by atoms with Crippen LogP contribution >= 0.6 is 0 Å². The van der Waals surface area contributed by atoms with Gasteiger partial charge in [-0.2, -0.15) is 0 Å². The Morgan fingerprint density at radius 2 is 1.68 bits per heavy atom. The van der Waals surface area contributed by atoms with E-state index in [2.05, 4.69) is 52.8 Å². The van der Waals surface area contributed by atoms with E-state index in [4.69, 9.17) is 0 Å². The topological polar surface area (TPSA) is 0 Å². The van der Waals surface area contributed by atoms with E-state index in [1.165, 1.54) is 12.8 Å². The molecule has 0 saturated carbocycles. The van der Waals surface area contributed by atoms with Crippen molar-refractivity contribution >= 4 is 3.21 Å². The summed E-state index contributed by atoms with van der Waals surface area (Å²) >= 11 is -1.64. The Balaban J connectivity index is 0.00000162. The quantitative estimate of drug-likeness (QED) is 0.561. The largest absolute Gasteiger partial charge is 1.00 e. The Morgan fingerprint density at radius 3 is 2.05 bits per heavy atom. The van der Waals surface area contributed by atoms with Gasteiger partial charge in [0.1, 0.15) is 0 Å². The average molecular weight is 376 g/mol. The minimum atomic E-state index is -1.64. The molecule has 0 N–H and O–H groups in total. The Bertz CT molecular complexity index is 513. The zero-order valence-corrected chi connectivity index (χ0v) is 16.4. The standard InChI is InChI=1S/C8H11.C5H5.C3H6.2ClH.Zr/c1-6-4-5-7(2)8(6)3;1-2-4-5-3-1;1-3-2;;;/h4H2,1-3H3;1-3H,4H2;1-2H3;2*1H;/q;;;;;+2/p-2. The molecule has 3 heteroatoms. The van der Waals surface area contributed by atoms with E-state index in [0.29, 0.717) is 0 Å². The SMILES string of the molecule is CC1=C(C)C(C)=[C]([Zr+2]([C]2=CC=CC2)=[C](C)C)C1.[Cl-].[Cl-]. The Morgan fingerprint density at radius 1 is 1.05 bits per heavy atom. The number of hydrogen-bond acceptors (Lipinski definition) is 0. The maximum Gasteiger partial charge on any atom is -1.00 e. The smallest absolute Gasteiger partial charge is 1.00 e. The second kappa shape index (κ2) is 7.91. The van der Waals surface area contributed by atoms with E-state index in [0.717, 1.165) is 0 Å². The zero-order chi connectivity index (χ0) is 12.6. The van der Waals surface area contributed by atoms with Gasteiger partial charge in [-0.05, 0) is 0 Å². The number of rotatable bonds is 2. The molecule has 2 aliphatic rings. The molecule has 0 amide bonds. The molecule has 104 valence electrons. The van der Waals surface area contributed by atoms with Gasteiger partial charge in [-0.15, -0.1) is 0 Å². The van der Waals surface area contributed by atoms with Crippen LogP contribution in [0.3, 0.4) is 0 Å². The minimum Gasteiger partial charge on any atom is -1.00 e. The van der Waals surface area contributed by atoms with Crippen LogP contribution in [0, 0.1) is 0 Å². The summed E-state index contributed by atoms with van der Waals surface area (Å²) in [6, 6.07) is 0. The van der Waals surface area contributed by atoms with Gasteiger partial charge in [0.2, 0.25) is 0 Å². The van der Waals surface area contributed by atoms with Gasteiger partial charge in [-0.1, -0.05) is 0 Å². The molecule has 0 saturated heterocycles. The Hall–Kier alpha value is 0.293. The third kappa shape index (κ3) is 3.90. The zero-order valence-electron chi connectivity index (χ0n) is 12.4. The van der Waals surface area contributed by atoms with Gasteiger partial charge in [-0.3, -0.25) is 0 Å². The van der Waals surface area contributed by atoms with E-state index in [1.54, 1.807) is 23.2 Å². The van der Waals surface area contributed by atoms with Gasteiger partial charge in [0.25, 0.3) is 0 Å². The second-order valence-corrected chi connectivity index (χ2v) is 12.7. The van der Waals surface area contributed by atoms with Crippen molar-refractivity contribution in [1.29, 1.82) is 0 Å². The number of hydrogen-bond donors (Lipinski definition) is 0. The van der Waals surface area contributed by atoms with E-state index in [-0.39, 0.29) is 24.8 Å². The van der Waals surface area contributed by atoms with Crippen LogP contribution < -0.4 is 24.8 Å². The van der Waals surface area contributed by atoms with Gasteiger partial charge in [0.15, 0.2) is 0 Å². The first kappa shape index (κ1) is 19.3. The molecule has 0 atom stereocenters. The van der Waals surface area contributed by atoms with E-state index in [9.17, 15) is 0 Å². The predicted octanol–water partition coefficient (Wildman–Crippen LogP) is -1.32. The molecule has 0 unspecified atom stereocenters. The fourth-order valence-corrected chi connectivity index (χ4v) is 10.7. The summed E-state index contributed by atoms with van der Waals surface area (Å²) in [6.07, 6.45) is 9.43. The van der Waals surface area contributed by atoms with Crippen LogP contribution in [-0.2, 0) is 21.3 Å². The van der Waals surface area contributed by atoms with Gasteiger partial charge in [0, 0.05) is 0 Å². The maximum atomic E-state index is 2.39. The van der Waals surface area contributed by atoms with Crippen LogP contribution in [-0.4, -0.2) is 3.21 Å². The molecular formula is C16H22Cl2Zr. The van der Waals surface area contributed by atoms with Crippen molar-refractivity contribution in [2.75, 3.05) is 0 Å². The van der Waals surface area contributed by atoms with Gasteiger partial charge < -0.3 is 24.8 Å². The Labute approximate surface area is 137 Å². The summed E-state index contributed by atoms with van der Waals surface area (Å²) < 4.78 is 5.32. The summed E-state index contributed by atoms with van der Waals surface area (Å²) in [5.41, 5.74) is 4.78. The van der Waals surface area contributed by atoms with Crippen LogP contribution in [0.2, 0.25) is 0 Å². The van der Waals surface area contributed by atoms with Crippen molar-refractivity contribution in [3.63, 3.8) is 0 Å². The maximum absolute atomic E-state index is 2.39. The molecule has 0 aromatic carbocycles. The first-order chi connectivity index (χ1) is 8.02. The van der Waals surface area contributed by atoms with Crippen LogP contribution in [0.4, 0.5) is 0 Å². The molecular weight excluding hydrogens is 354 g/mol. The van der Waals surface area contributed by atoms with Crippen LogP contribution in [0.25, 0.3) is 0 Å². The average Bonchev–Trinajstić information content (AvgIpc) is 2.85. The Kier molecular flexibility index (Phi) is 8.04. The minimum absolute atomic E-state index is 0. The van der Waals surface area contributed by atoms with Gasteiger partial charge >= 0.3 is 113 Å². The molecule has 0 bridgehead atoms. The molecule has 0 aliphatic heterocycles. The summed E-state index contributed by atoms with van der Waals surface area (Å²) in [4.78, 5) is 0. The normalized spacial score (nSPS) is 16.7. The van der Waals surface area contributed by atoms with E-state index < -0.39 is 21.3 Å². The number of halogens is 2. The van der Waals surface area contributed by atoms with Crippen molar-refractivity contribution in [2.24, 2.45) is 0 Å². The van der Waals surface area contributed by atoms with Gasteiger partial charge in [0.05, 0.1) is 0 Å². The van der Waals surface area contributed by atoms with Gasteiger partial charge in [-0.25, -0.2) is 0 Å². The molecule has 0 spiro atoms. The van der Waals surface area contributed by atoms with Crippen molar-refractivity contribution in [1.82, 2.24) is 0 Å². The molecule has 2 aliphatic carbocycles. The van der Waals surface area contributed by atoms with Crippen molar-refractivity contribution in [3.05, 3.63) is 41.5 Å². The number of allylic oxidation sites excluding steroid dienone is 8. The predicted molar refractivity (Wildman–Crippen MR) is 73.9 cm³/mol. The van der Waals surface area contributed by atoms with Crippen molar-refractivity contribution in [2.45, 2.75) is 47.5 Å². The third-order valence-corrected chi connectivity index (χ3v) is 11.8. The fourth-order valence-electron chi connectivity index (χ4n) is 2.80. The van der Waals surface area contributed by atoms with Crippen LogP contribution in [0.15, 0.2) is 41.5 Å². The summed E-state index contributed by atoms with van der Waals surface area (Å²) in [7, 11) is 0. The molecule has 0 heterocycles. The molecule has 0 aromatic heterocycles. The first-order valence-electron chi connectivity index (χ1n) is 6.42. The van der Waals surface area contributed by atoms with Crippen LogP contribution in [0.1, 0.15) is 47.5 Å². The molecule has 2 rings (SSSR count). The van der Waals surface area contributed by atoms with E-state index >= 15 is 0 Å². The summed E-state index contributed by atoms with van der Waals surface area (Å²) in [5, 5.41) is 0. The molecule has 0 aromatic rings. The first-order valence-corrected chi connectivity index (χ1v) is 10.1. The monoisotopic (exact) mass is 374 g/mol.